The maximum atomic E-state index is 14.5. The minimum Gasteiger partial charge on any atom is -0.496 e. The van der Waals surface area contributed by atoms with Crippen LogP contribution in [-0.2, 0) is 19.1 Å². The minimum absolute atomic E-state index is 0.0357. The second kappa shape index (κ2) is 15.2. The number of carboxylic acids is 1. The van der Waals surface area contributed by atoms with E-state index in [9.17, 15) is 24.3 Å². The van der Waals surface area contributed by atoms with Crippen molar-refractivity contribution in [2.75, 3.05) is 20.3 Å². The first-order chi connectivity index (χ1) is 26.0. The number of nitrogens with one attached hydrogen (secondary N) is 2. The third-order valence-corrected chi connectivity index (χ3v) is 11.0. The lowest BCUT2D eigenvalue weighted by molar-refractivity contribution is -0.145. The molecule has 5 bridgehead atoms. The van der Waals surface area contributed by atoms with E-state index in [0.29, 0.717) is 42.0 Å². The molecule has 3 N–H and O–H groups in total. The van der Waals surface area contributed by atoms with Crippen molar-refractivity contribution in [3.05, 3.63) is 72.3 Å². The van der Waals surface area contributed by atoms with E-state index in [2.05, 4.69) is 10.6 Å². The van der Waals surface area contributed by atoms with Crippen molar-refractivity contribution in [3.8, 4) is 22.8 Å². The Balaban J connectivity index is 1.33. The molecule has 1 saturated carbocycles. The average molecular weight is 737 g/mol. The molecule has 4 aliphatic rings. The molecule has 3 aromatic rings. The average Bonchev–Trinajstić information content (AvgIpc) is 3.69. The SMILES string of the molecule is COc1cc2nc(-c3ccccc3)cc3c2cc1C=CCC(C)(C)COC(=O)N[C@H]1CCCCCC=C[C@@H]2C[C@@]2(C(=O)O)NC(=O)[C@@H]2C[C@H](CN2C1=O)O3. The molecule has 284 valence electrons. The first-order valence-corrected chi connectivity index (χ1v) is 18.8. The predicted octanol–water partition coefficient (Wildman–Crippen LogP) is 6.28. The number of ether oxygens (including phenoxy) is 3. The molecule has 2 aromatic carbocycles. The Morgan fingerprint density at radius 1 is 1.06 bits per heavy atom. The largest absolute Gasteiger partial charge is 0.496 e. The van der Waals surface area contributed by atoms with Gasteiger partial charge < -0.3 is 34.9 Å². The third kappa shape index (κ3) is 7.78. The summed E-state index contributed by atoms with van der Waals surface area (Å²) in [5, 5.41) is 16.6. The van der Waals surface area contributed by atoms with Gasteiger partial charge in [-0.05, 0) is 38.2 Å². The molecule has 1 aromatic heterocycles. The van der Waals surface area contributed by atoms with Crippen molar-refractivity contribution in [1.29, 1.82) is 0 Å². The number of carbonyl (C=O) groups excluding carboxylic acids is 3. The number of allylic oxidation sites excluding steroid dienone is 2. The fraction of sp³-hybridized carbons (Fsp3) is 0.452. The van der Waals surface area contributed by atoms with Gasteiger partial charge in [0.15, 0.2) is 0 Å². The molecule has 5 atom stereocenters. The maximum Gasteiger partial charge on any atom is 0.407 e. The van der Waals surface area contributed by atoms with Gasteiger partial charge in [-0.15, -0.1) is 0 Å². The summed E-state index contributed by atoms with van der Waals surface area (Å²) in [6, 6.07) is 13.4. The van der Waals surface area contributed by atoms with Crippen molar-refractivity contribution in [2.24, 2.45) is 11.3 Å². The number of hydrogen-bond acceptors (Lipinski definition) is 8. The Morgan fingerprint density at radius 2 is 1.87 bits per heavy atom. The molecule has 0 radical (unpaired) electrons. The lowest BCUT2D eigenvalue weighted by atomic mass is 9.90. The van der Waals surface area contributed by atoms with E-state index < -0.39 is 53.0 Å². The van der Waals surface area contributed by atoms with Gasteiger partial charge in [-0.25, -0.2) is 14.6 Å². The number of cyclic esters (lactones) is 1. The number of nitrogens with zero attached hydrogens (tertiary/aromatic N) is 2. The van der Waals surface area contributed by atoms with E-state index in [1.807, 2.05) is 86.7 Å². The van der Waals surface area contributed by atoms with E-state index >= 15 is 0 Å². The van der Waals surface area contributed by atoms with Gasteiger partial charge in [0.1, 0.15) is 35.2 Å². The zero-order valence-corrected chi connectivity index (χ0v) is 31.0. The normalized spacial score (nSPS) is 27.3. The van der Waals surface area contributed by atoms with Gasteiger partial charge in [0.2, 0.25) is 11.8 Å². The number of carbonyl (C=O) groups is 4. The number of amides is 3. The summed E-state index contributed by atoms with van der Waals surface area (Å²) in [6.45, 7) is 4.12. The number of alkyl carbamates (subject to hydrolysis) is 1. The van der Waals surface area contributed by atoms with Crippen LogP contribution in [0.15, 0.2) is 66.8 Å². The summed E-state index contributed by atoms with van der Waals surface area (Å²) in [4.78, 5) is 61.0. The maximum absolute atomic E-state index is 14.5. The standard InChI is InChI=1S/C42H48N4O8/c1-41(2)18-12-15-27-19-30-33(22-35(27)52-3)43-32(26-13-8-7-9-14-26)21-36(30)54-29-20-34-37(47)45-42(39(49)50)23-28(42)16-10-5-4-6-11-17-31(38(48)46(34)24-29)44-40(51)53-25-41/h7-10,12-16,19,21-22,28-29,31,34H,4-6,11,17-18,20,23-25H2,1-3H3,(H,44,51)(H,45,47)(H,49,50)/t28-,29-,31+,34+,42-/m1/s1. The lowest BCUT2D eigenvalue weighted by Gasteiger charge is -2.30. The molecule has 3 aliphatic heterocycles. The van der Waals surface area contributed by atoms with Gasteiger partial charge in [0, 0.05) is 46.4 Å². The highest BCUT2D eigenvalue weighted by molar-refractivity contribution is 5.96. The van der Waals surface area contributed by atoms with E-state index in [-0.39, 0.29) is 31.9 Å². The van der Waals surface area contributed by atoms with Crippen molar-refractivity contribution in [1.82, 2.24) is 20.5 Å². The van der Waals surface area contributed by atoms with Gasteiger partial charge in [0.05, 0.1) is 31.5 Å². The highest BCUT2D eigenvalue weighted by Gasteiger charge is 2.61. The number of carboxylic acid groups (broad SMARTS) is 1. The van der Waals surface area contributed by atoms with Crippen LogP contribution in [0.3, 0.4) is 0 Å². The summed E-state index contributed by atoms with van der Waals surface area (Å²) in [7, 11) is 1.61. The number of benzene rings is 2. The Labute approximate surface area is 314 Å². The molecular formula is C42H48N4O8. The minimum atomic E-state index is -1.45. The second-order valence-corrected chi connectivity index (χ2v) is 15.7. The molecule has 54 heavy (non-hydrogen) atoms. The lowest BCUT2D eigenvalue weighted by Crippen LogP contribution is -2.56. The molecule has 2 fully saturated rings. The molecule has 12 heteroatoms. The first-order valence-electron chi connectivity index (χ1n) is 18.8. The molecule has 12 nitrogen and oxygen atoms in total. The van der Waals surface area contributed by atoms with Gasteiger partial charge in [0.25, 0.3) is 0 Å². The van der Waals surface area contributed by atoms with Crippen molar-refractivity contribution < 1.29 is 38.5 Å². The van der Waals surface area contributed by atoms with Crippen LogP contribution in [0.5, 0.6) is 11.5 Å². The molecule has 7 rings (SSSR count). The molecule has 3 amide bonds. The fourth-order valence-corrected chi connectivity index (χ4v) is 7.74. The highest BCUT2D eigenvalue weighted by atomic mass is 16.5. The zero-order chi connectivity index (χ0) is 38.0. The number of aromatic nitrogens is 1. The summed E-state index contributed by atoms with van der Waals surface area (Å²) >= 11 is 0. The van der Waals surface area contributed by atoms with Crippen molar-refractivity contribution in [2.45, 2.75) is 88.9 Å². The summed E-state index contributed by atoms with van der Waals surface area (Å²) in [5.41, 5.74) is 1.11. The number of aliphatic carboxylic acids is 1. The summed E-state index contributed by atoms with van der Waals surface area (Å²) in [5.74, 6) is -1.34. The van der Waals surface area contributed by atoms with Crippen LogP contribution in [0.25, 0.3) is 28.2 Å². The Kier molecular flexibility index (Phi) is 10.4. The quantitative estimate of drug-likeness (QED) is 0.264. The zero-order valence-electron chi connectivity index (χ0n) is 31.0. The molecule has 4 heterocycles. The van der Waals surface area contributed by atoms with E-state index in [4.69, 9.17) is 19.2 Å². The third-order valence-electron chi connectivity index (χ3n) is 11.0. The van der Waals surface area contributed by atoms with Crippen molar-refractivity contribution >= 4 is 40.9 Å². The molecular weight excluding hydrogens is 688 g/mol. The van der Waals surface area contributed by atoms with Gasteiger partial charge in [-0.3, -0.25) is 9.59 Å². The molecule has 1 aliphatic carbocycles. The van der Waals surface area contributed by atoms with Crippen molar-refractivity contribution in [3.63, 3.8) is 0 Å². The van der Waals surface area contributed by atoms with E-state index in [1.54, 1.807) is 7.11 Å². The second-order valence-electron chi connectivity index (χ2n) is 15.7. The molecule has 1 saturated heterocycles. The highest BCUT2D eigenvalue weighted by Crippen LogP contribution is 2.46. The van der Waals surface area contributed by atoms with Crippen LogP contribution in [0.2, 0.25) is 0 Å². The number of pyridine rings is 1. The van der Waals surface area contributed by atoms with Gasteiger partial charge in [-0.1, -0.05) is 81.3 Å². The summed E-state index contributed by atoms with van der Waals surface area (Å²) in [6.07, 6.45) is 10.8. The van der Waals surface area contributed by atoms with Crippen LogP contribution >= 0.6 is 0 Å². The van der Waals surface area contributed by atoms with E-state index in [1.165, 1.54) is 4.90 Å². The number of rotatable bonds is 3. The predicted molar refractivity (Wildman–Crippen MR) is 203 cm³/mol. The van der Waals surface area contributed by atoms with Crippen LogP contribution < -0.4 is 20.1 Å². The number of methoxy groups -OCH3 is 1. The van der Waals surface area contributed by atoms with Crippen LogP contribution in [-0.4, -0.2) is 82.9 Å². The monoisotopic (exact) mass is 736 g/mol. The van der Waals surface area contributed by atoms with Crippen LogP contribution in [0, 0.1) is 11.3 Å². The topological polar surface area (TPSA) is 156 Å². The smallest absolute Gasteiger partial charge is 0.407 e. The van der Waals surface area contributed by atoms with E-state index in [0.717, 1.165) is 35.8 Å². The molecule has 0 spiro atoms. The van der Waals surface area contributed by atoms with Gasteiger partial charge >= 0.3 is 12.1 Å². The molecule has 0 unspecified atom stereocenters. The Bertz CT molecular complexity index is 1990. The van der Waals surface area contributed by atoms with Crippen LogP contribution in [0.1, 0.15) is 70.8 Å². The van der Waals surface area contributed by atoms with Crippen LogP contribution in [0.4, 0.5) is 4.79 Å². The summed E-state index contributed by atoms with van der Waals surface area (Å²) < 4.78 is 18.3. The number of fused-ring (bicyclic) bond motifs is 4. The van der Waals surface area contributed by atoms with Gasteiger partial charge in [-0.2, -0.15) is 0 Å². The number of hydrogen-bond donors (Lipinski definition) is 3. The Hall–Kier alpha value is -5.39. The first kappa shape index (κ1) is 36.9. The fourth-order valence-electron chi connectivity index (χ4n) is 7.74. The Morgan fingerprint density at radius 3 is 2.65 bits per heavy atom.